The van der Waals surface area contributed by atoms with E-state index in [2.05, 4.69) is 9.82 Å². The third-order valence-corrected chi connectivity index (χ3v) is 7.69. The Kier molecular flexibility index (Phi) is 6.08. The molecule has 1 N–H and O–H groups in total. The molecule has 0 aliphatic carbocycles. The summed E-state index contributed by atoms with van der Waals surface area (Å²) >= 11 is 0. The Hall–Kier alpha value is -2.75. The van der Waals surface area contributed by atoms with Crippen molar-refractivity contribution < 1.29 is 16.8 Å². The Bertz CT molecular complexity index is 1300. The quantitative estimate of drug-likeness (QED) is 0.588. The van der Waals surface area contributed by atoms with Crippen molar-refractivity contribution in [1.82, 2.24) is 14.5 Å². The van der Waals surface area contributed by atoms with Gasteiger partial charge in [0, 0.05) is 23.9 Å². The van der Waals surface area contributed by atoms with Crippen molar-refractivity contribution in [2.75, 3.05) is 5.75 Å². The monoisotopic (exact) mass is 457 g/mol. The van der Waals surface area contributed by atoms with E-state index in [1.54, 1.807) is 4.68 Å². The van der Waals surface area contributed by atoms with Gasteiger partial charge in [-0.05, 0) is 17.2 Å². The van der Waals surface area contributed by atoms with Crippen molar-refractivity contribution in [3.63, 3.8) is 0 Å². The smallest absolute Gasteiger partial charge is 0.234 e. The zero-order chi connectivity index (χ0) is 21.9. The minimum atomic E-state index is -3.72. The third kappa shape index (κ3) is 5.49. The molecule has 1 aromatic heterocycles. The summed E-state index contributed by atoms with van der Waals surface area (Å²) in [4.78, 5) is 0. The predicted octanol–water partition coefficient (Wildman–Crippen LogP) is 2.49. The van der Waals surface area contributed by atoms with Gasteiger partial charge >= 0.3 is 0 Å². The van der Waals surface area contributed by atoms with Crippen molar-refractivity contribution >= 4 is 25.9 Å². The van der Waals surface area contributed by atoms with Crippen LogP contribution in [0.2, 0.25) is 0 Å². The van der Waals surface area contributed by atoms with Gasteiger partial charge in [-0.3, -0.25) is 4.68 Å². The number of nitrogens with one attached hydrogen (secondary N) is 1. The zero-order valence-electron chi connectivity index (χ0n) is 16.8. The van der Waals surface area contributed by atoms with Crippen molar-refractivity contribution in [3.05, 3.63) is 94.1 Å². The van der Waals surface area contributed by atoms with Gasteiger partial charge in [-0.15, -0.1) is 0 Å². The highest BCUT2D eigenvalue weighted by Crippen LogP contribution is 2.26. The van der Waals surface area contributed by atoms with Crippen LogP contribution in [-0.4, -0.2) is 32.4 Å². The van der Waals surface area contributed by atoms with Gasteiger partial charge < -0.3 is 0 Å². The second-order valence-corrected chi connectivity index (χ2v) is 11.3. The molecule has 0 saturated carbocycles. The van der Waals surface area contributed by atoms with E-state index in [9.17, 15) is 16.8 Å². The van der Waals surface area contributed by atoms with Crippen LogP contribution in [0.25, 0.3) is 6.08 Å². The molecule has 0 atom stereocenters. The SMILES string of the molecule is O=S1(=O)CCc2nn(Cc3ccccc3)c(/C=C/S(=O)(=O)NCc3ccccc3)c2C1. The first-order valence-electron chi connectivity index (χ1n) is 9.86. The molecule has 0 spiro atoms. The average molecular weight is 458 g/mol. The maximum absolute atomic E-state index is 12.5. The van der Waals surface area contributed by atoms with Crippen LogP contribution in [0.15, 0.2) is 66.1 Å². The minimum absolute atomic E-state index is 0.0580. The molecule has 7 nitrogen and oxygen atoms in total. The first-order valence-corrected chi connectivity index (χ1v) is 13.2. The molecule has 9 heteroatoms. The number of aromatic nitrogens is 2. The van der Waals surface area contributed by atoms with E-state index in [1.807, 2.05) is 60.7 Å². The summed E-state index contributed by atoms with van der Waals surface area (Å²) in [6.45, 7) is 0.592. The Morgan fingerprint density at radius 3 is 2.32 bits per heavy atom. The number of nitrogens with zero attached hydrogens (tertiary/aromatic N) is 2. The molecule has 2 heterocycles. The molecule has 0 radical (unpaired) electrons. The molecule has 0 saturated heterocycles. The lowest BCUT2D eigenvalue weighted by molar-refractivity contribution is 0.589. The molecule has 1 aliphatic heterocycles. The molecule has 162 valence electrons. The Labute approximate surface area is 182 Å². The summed E-state index contributed by atoms with van der Waals surface area (Å²) in [5, 5.41) is 5.67. The first kappa shape index (κ1) is 21.5. The van der Waals surface area contributed by atoms with Gasteiger partial charge in [0.2, 0.25) is 10.0 Å². The molecule has 0 amide bonds. The van der Waals surface area contributed by atoms with Crippen LogP contribution in [0, 0.1) is 0 Å². The number of benzene rings is 2. The van der Waals surface area contributed by atoms with Gasteiger partial charge in [0.15, 0.2) is 9.84 Å². The van der Waals surface area contributed by atoms with Crippen LogP contribution in [0.3, 0.4) is 0 Å². The molecule has 0 unspecified atom stereocenters. The lowest BCUT2D eigenvalue weighted by Crippen LogP contribution is -2.20. The highest BCUT2D eigenvalue weighted by atomic mass is 32.2. The molecular formula is C22H23N3O4S2. The van der Waals surface area contributed by atoms with Gasteiger partial charge in [-0.2, -0.15) is 5.10 Å². The van der Waals surface area contributed by atoms with Crippen molar-refractivity contribution in [1.29, 1.82) is 0 Å². The number of rotatable bonds is 7. The Balaban J connectivity index is 1.63. The van der Waals surface area contributed by atoms with E-state index in [-0.39, 0.29) is 18.1 Å². The van der Waals surface area contributed by atoms with E-state index in [0.717, 1.165) is 16.5 Å². The van der Waals surface area contributed by atoms with Crippen LogP contribution < -0.4 is 4.72 Å². The minimum Gasteiger partial charge on any atom is -0.260 e. The Morgan fingerprint density at radius 2 is 1.65 bits per heavy atom. The summed E-state index contributed by atoms with van der Waals surface area (Å²) in [6.07, 6.45) is 1.78. The largest absolute Gasteiger partial charge is 0.260 e. The van der Waals surface area contributed by atoms with Gasteiger partial charge in [0.1, 0.15) is 0 Å². The Morgan fingerprint density at radius 1 is 1.00 bits per heavy atom. The lowest BCUT2D eigenvalue weighted by Gasteiger charge is -2.11. The number of hydrogen-bond donors (Lipinski definition) is 1. The first-order chi connectivity index (χ1) is 14.8. The van der Waals surface area contributed by atoms with E-state index < -0.39 is 19.9 Å². The highest BCUT2D eigenvalue weighted by Gasteiger charge is 2.27. The molecular weight excluding hydrogens is 434 g/mol. The van der Waals surface area contributed by atoms with Gasteiger partial charge in [-0.1, -0.05) is 60.7 Å². The maximum Gasteiger partial charge on any atom is 0.234 e. The second kappa shape index (κ2) is 8.78. The fraction of sp³-hybridized carbons (Fsp3) is 0.227. The number of fused-ring (bicyclic) bond motifs is 1. The highest BCUT2D eigenvalue weighted by molar-refractivity contribution is 7.92. The molecule has 0 fully saturated rings. The van der Waals surface area contributed by atoms with Crippen molar-refractivity contribution in [2.24, 2.45) is 0 Å². The second-order valence-electron chi connectivity index (χ2n) is 7.45. The number of hydrogen-bond acceptors (Lipinski definition) is 5. The van der Waals surface area contributed by atoms with Gasteiger partial charge in [0.05, 0.1) is 29.4 Å². The summed E-state index contributed by atoms with van der Waals surface area (Å²) in [6, 6.07) is 18.9. The van der Waals surface area contributed by atoms with E-state index in [1.165, 1.54) is 6.08 Å². The summed E-state index contributed by atoms with van der Waals surface area (Å²) in [5.74, 6) is -0.0727. The fourth-order valence-electron chi connectivity index (χ4n) is 3.51. The third-order valence-electron chi connectivity index (χ3n) is 5.09. The topological polar surface area (TPSA) is 98.1 Å². The molecule has 0 bridgehead atoms. The van der Waals surface area contributed by atoms with E-state index >= 15 is 0 Å². The molecule has 1 aliphatic rings. The van der Waals surface area contributed by atoms with Gasteiger partial charge in [0.25, 0.3) is 0 Å². The normalized spacial score (nSPS) is 15.7. The zero-order valence-corrected chi connectivity index (χ0v) is 18.4. The van der Waals surface area contributed by atoms with Crippen LogP contribution in [0.5, 0.6) is 0 Å². The van der Waals surface area contributed by atoms with E-state index in [4.69, 9.17) is 0 Å². The molecule has 2 aromatic carbocycles. The van der Waals surface area contributed by atoms with Crippen LogP contribution >= 0.6 is 0 Å². The molecule has 31 heavy (non-hydrogen) atoms. The fourth-order valence-corrected chi connectivity index (χ4v) is 5.69. The van der Waals surface area contributed by atoms with Crippen molar-refractivity contribution in [3.8, 4) is 0 Å². The maximum atomic E-state index is 12.5. The summed E-state index contributed by atoms with van der Waals surface area (Å²) in [5.41, 5.74) is 3.63. The van der Waals surface area contributed by atoms with Crippen LogP contribution in [-0.2, 0) is 45.1 Å². The standard InChI is InChI=1S/C22H23N3O4S2/c26-30(27)13-11-21-20(17-30)22(25(24-21)16-19-9-5-2-6-10-19)12-14-31(28,29)23-15-18-7-3-1-4-8-18/h1-10,12,14,23H,11,13,15-17H2/b14-12+. The summed E-state index contributed by atoms with van der Waals surface area (Å²) < 4.78 is 53.7. The lowest BCUT2D eigenvalue weighted by atomic mass is 10.1. The number of sulfonamides is 1. The number of sulfone groups is 1. The van der Waals surface area contributed by atoms with Crippen LogP contribution in [0.1, 0.15) is 28.1 Å². The molecule has 4 rings (SSSR count). The molecule has 3 aromatic rings. The average Bonchev–Trinajstić information content (AvgIpc) is 3.07. The summed E-state index contributed by atoms with van der Waals surface area (Å²) in [7, 11) is -6.95. The van der Waals surface area contributed by atoms with Crippen molar-refractivity contribution in [2.45, 2.75) is 25.3 Å². The van der Waals surface area contributed by atoms with Crippen LogP contribution in [0.4, 0.5) is 0 Å². The predicted molar refractivity (Wildman–Crippen MR) is 120 cm³/mol. The number of aryl methyl sites for hydroxylation is 1. The van der Waals surface area contributed by atoms with Gasteiger partial charge in [-0.25, -0.2) is 21.6 Å². The van der Waals surface area contributed by atoms with E-state index in [0.29, 0.717) is 29.9 Å².